The Hall–Kier alpha value is -1.70. The third-order valence-electron chi connectivity index (χ3n) is 5.26. The van der Waals surface area contributed by atoms with Crippen molar-refractivity contribution in [3.63, 3.8) is 0 Å². The molecule has 1 saturated carbocycles. The first kappa shape index (κ1) is 13.0. The highest BCUT2D eigenvalue weighted by Gasteiger charge is 2.43. The molecule has 1 heterocycles. The lowest BCUT2D eigenvalue weighted by Crippen LogP contribution is -2.03. The molecule has 2 atom stereocenters. The van der Waals surface area contributed by atoms with Crippen LogP contribution in [0.3, 0.4) is 0 Å². The van der Waals surface area contributed by atoms with Crippen LogP contribution in [-0.2, 0) is 19.9 Å². The van der Waals surface area contributed by atoms with Gasteiger partial charge in [0.25, 0.3) is 0 Å². The minimum absolute atomic E-state index is 0.688. The second-order valence-corrected chi connectivity index (χ2v) is 6.48. The first-order valence-electron chi connectivity index (χ1n) is 8.10. The summed E-state index contributed by atoms with van der Waals surface area (Å²) in [5.74, 6) is 2.50. The molecule has 2 aliphatic rings. The lowest BCUT2D eigenvalue weighted by molar-refractivity contribution is 0.374. The van der Waals surface area contributed by atoms with Crippen molar-refractivity contribution in [2.45, 2.75) is 43.9 Å². The highest BCUT2D eigenvalue weighted by atomic mass is 16.5. The van der Waals surface area contributed by atoms with Gasteiger partial charge in [-0.05, 0) is 49.1 Å². The van der Waals surface area contributed by atoms with Gasteiger partial charge in [0.15, 0.2) is 5.88 Å². The summed E-state index contributed by atoms with van der Waals surface area (Å²) in [6.07, 6.45) is 6.35. The van der Waals surface area contributed by atoms with Crippen molar-refractivity contribution in [3.05, 3.63) is 52.7 Å². The van der Waals surface area contributed by atoms with Gasteiger partial charge in [0.2, 0.25) is 0 Å². The maximum absolute atomic E-state index is 5.71. The van der Waals surface area contributed by atoms with Crippen LogP contribution in [0.15, 0.2) is 30.3 Å². The van der Waals surface area contributed by atoms with E-state index >= 15 is 0 Å². The smallest absolute Gasteiger partial charge is 0.196 e. The Labute approximate surface area is 126 Å². The molecule has 1 fully saturated rings. The van der Waals surface area contributed by atoms with E-state index in [0.29, 0.717) is 11.8 Å². The predicted molar refractivity (Wildman–Crippen MR) is 85.1 cm³/mol. The molecule has 2 aromatic rings. The van der Waals surface area contributed by atoms with Crippen LogP contribution in [-0.4, -0.2) is 11.7 Å². The van der Waals surface area contributed by atoms with Crippen molar-refractivity contribution in [3.8, 4) is 5.88 Å². The second-order valence-electron chi connectivity index (χ2n) is 6.48. The quantitative estimate of drug-likeness (QED) is 0.823. The van der Waals surface area contributed by atoms with E-state index in [1.54, 1.807) is 11.3 Å². The zero-order valence-electron chi connectivity index (χ0n) is 12.9. The summed E-state index contributed by atoms with van der Waals surface area (Å²) in [5, 5.41) is 0. The summed E-state index contributed by atoms with van der Waals surface area (Å²) in [6, 6.07) is 11.0. The zero-order chi connectivity index (χ0) is 14.4. The van der Waals surface area contributed by atoms with Crippen LogP contribution in [0.1, 0.15) is 53.5 Å². The maximum atomic E-state index is 5.71. The van der Waals surface area contributed by atoms with Crippen LogP contribution in [0, 0.1) is 0 Å². The minimum Gasteiger partial charge on any atom is -0.482 e. The van der Waals surface area contributed by atoms with Crippen molar-refractivity contribution < 1.29 is 4.74 Å². The number of hydrogen-bond acceptors (Lipinski definition) is 1. The molecule has 0 amide bonds. The van der Waals surface area contributed by atoms with Crippen molar-refractivity contribution in [1.29, 1.82) is 0 Å². The number of benzene rings is 1. The lowest BCUT2D eigenvalue weighted by atomic mass is 9.92. The van der Waals surface area contributed by atoms with Gasteiger partial charge in [-0.15, -0.1) is 0 Å². The molecule has 0 radical (unpaired) electrons. The van der Waals surface area contributed by atoms with E-state index in [1.807, 2.05) is 7.11 Å². The van der Waals surface area contributed by atoms with Gasteiger partial charge in [-0.3, -0.25) is 0 Å². The van der Waals surface area contributed by atoms with Crippen LogP contribution in [0.25, 0.3) is 0 Å². The monoisotopic (exact) mass is 281 g/mol. The number of ether oxygens (including phenoxy) is 1. The molecule has 0 aliphatic heterocycles. The predicted octanol–water partition coefficient (Wildman–Crippen LogP) is 4.18. The number of rotatable bonds is 3. The van der Waals surface area contributed by atoms with Crippen molar-refractivity contribution in [1.82, 2.24) is 4.57 Å². The summed E-state index contributed by atoms with van der Waals surface area (Å²) in [6.45, 7) is 0. The average molecular weight is 281 g/mol. The van der Waals surface area contributed by atoms with Crippen LogP contribution < -0.4 is 4.74 Å². The van der Waals surface area contributed by atoms with E-state index in [0.717, 1.165) is 5.88 Å². The third kappa shape index (κ3) is 2.00. The molecule has 0 spiro atoms. The summed E-state index contributed by atoms with van der Waals surface area (Å²) in [7, 11) is 4.00. The topological polar surface area (TPSA) is 14.2 Å². The fraction of sp³-hybridized carbons (Fsp3) is 0.474. The standard InChI is InChI=1S/C19H23NO/c1-20-18(14-10-6-7-11-15(14)19(20)21-2)17-12-16(17)13-8-4-3-5-9-13/h3-5,8-9,16-17H,6-7,10-12H2,1-2H3/t16-,17-/m0/s1. The lowest BCUT2D eigenvalue weighted by Gasteiger charge is -2.13. The largest absolute Gasteiger partial charge is 0.482 e. The fourth-order valence-electron chi connectivity index (χ4n) is 4.24. The normalized spacial score (nSPS) is 23.7. The number of fused-ring (bicyclic) bond motifs is 1. The third-order valence-corrected chi connectivity index (χ3v) is 5.26. The number of nitrogens with zero attached hydrogens (tertiary/aromatic N) is 1. The van der Waals surface area contributed by atoms with Crippen molar-refractivity contribution >= 4 is 0 Å². The summed E-state index contributed by atoms with van der Waals surface area (Å²) >= 11 is 0. The summed E-state index contributed by atoms with van der Waals surface area (Å²) in [4.78, 5) is 0. The van der Waals surface area contributed by atoms with E-state index in [2.05, 4.69) is 41.9 Å². The molecule has 21 heavy (non-hydrogen) atoms. The molecule has 1 aromatic carbocycles. The summed E-state index contributed by atoms with van der Waals surface area (Å²) < 4.78 is 8.04. The Morgan fingerprint density at radius 1 is 1.00 bits per heavy atom. The van der Waals surface area contributed by atoms with Crippen molar-refractivity contribution in [2.75, 3.05) is 7.11 Å². The highest BCUT2D eigenvalue weighted by Crippen LogP contribution is 2.57. The molecule has 1 aromatic heterocycles. The maximum Gasteiger partial charge on any atom is 0.196 e. The van der Waals surface area contributed by atoms with E-state index < -0.39 is 0 Å². The molecule has 0 saturated heterocycles. The van der Waals surface area contributed by atoms with E-state index in [1.165, 1.54) is 43.2 Å². The van der Waals surface area contributed by atoms with Gasteiger partial charge in [0, 0.05) is 24.2 Å². The molecule has 2 aliphatic carbocycles. The molecule has 0 unspecified atom stereocenters. The fourth-order valence-corrected chi connectivity index (χ4v) is 4.24. The first-order chi connectivity index (χ1) is 10.3. The molecule has 0 bridgehead atoms. The average Bonchev–Trinajstić information content (AvgIpc) is 3.25. The van der Waals surface area contributed by atoms with Crippen molar-refractivity contribution in [2.24, 2.45) is 7.05 Å². The number of hydrogen-bond donors (Lipinski definition) is 0. The van der Waals surface area contributed by atoms with Gasteiger partial charge in [0.1, 0.15) is 0 Å². The SMILES string of the molecule is COc1c2c(c([C@H]3C[C@H]3c3ccccc3)n1C)CCCC2. The van der Waals surface area contributed by atoms with Crippen LogP contribution >= 0.6 is 0 Å². The van der Waals surface area contributed by atoms with Gasteiger partial charge < -0.3 is 9.30 Å². The summed E-state index contributed by atoms with van der Waals surface area (Å²) in [5.41, 5.74) is 6.13. The first-order valence-corrected chi connectivity index (χ1v) is 8.10. The van der Waals surface area contributed by atoms with Crippen LogP contribution in [0.4, 0.5) is 0 Å². The second kappa shape index (κ2) is 4.94. The molecule has 0 N–H and O–H groups in total. The molecule has 2 nitrogen and oxygen atoms in total. The Balaban J connectivity index is 1.72. The minimum atomic E-state index is 0.688. The van der Waals surface area contributed by atoms with Crippen LogP contribution in [0.5, 0.6) is 5.88 Å². The van der Waals surface area contributed by atoms with Gasteiger partial charge in [-0.1, -0.05) is 30.3 Å². The Morgan fingerprint density at radius 3 is 2.43 bits per heavy atom. The van der Waals surface area contributed by atoms with Gasteiger partial charge in [0.05, 0.1) is 7.11 Å². The highest BCUT2D eigenvalue weighted by molar-refractivity contribution is 5.49. The van der Waals surface area contributed by atoms with Crippen LogP contribution in [0.2, 0.25) is 0 Å². The van der Waals surface area contributed by atoms with Gasteiger partial charge >= 0.3 is 0 Å². The van der Waals surface area contributed by atoms with E-state index in [-0.39, 0.29) is 0 Å². The Morgan fingerprint density at radius 2 is 1.71 bits per heavy atom. The molecule has 2 heteroatoms. The van der Waals surface area contributed by atoms with E-state index in [9.17, 15) is 0 Å². The molecule has 110 valence electrons. The van der Waals surface area contributed by atoms with Gasteiger partial charge in [-0.25, -0.2) is 0 Å². The Bertz CT molecular complexity index is 656. The van der Waals surface area contributed by atoms with E-state index in [4.69, 9.17) is 4.74 Å². The zero-order valence-corrected chi connectivity index (χ0v) is 12.9. The number of aromatic nitrogens is 1. The number of methoxy groups -OCH3 is 1. The molecule has 4 rings (SSSR count). The molecular weight excluding hydrogens is 258 g/mol. The molecular formula is C19H23NO. The Kier molecular flexibility index (Phi) is 3.06. The van der Waals surface area contributed by atoms with Gasteiger partial charge in [-0.2, -0.15) is 0 Å².